The van der Waals surface area contributed by atoms with E-state index in [1.807, 2.05) is 19.9 Å². The summed E-state index contributed by atoms with van der Waals surface area (Å²) in [5.74, 6) is 0. The molecule has 0 atom stereocenters. The van der Waals surface area contributed by atoms with Gasteiger partial charge in [0, 0.05) is 19.6 Å². The van der Waals surface area contributed by atoms with Crippen LogP contribution in [0.3, 0.4) is 0 Å². The van der Waals surface area contributed by atoms with Crippen LogP contribution in [0.2, 0.25) is 0 Å². The third-order valence-corrected chi connectivity index (χ3v) is 1.80. The first-order valence-electron chi connectivity index (χ1n) is 4.90. The van der Waals surface area contributed by atoms with Crippen LogP contribution in [0.1, 0.15) is 27.2 Å². The van der Waals surface area contributed by atoms with E-state index < -0.39 is 0 Å². The SMILES string of the molecule is [C-]#[N+]/C(C#N)=C(\C)CC(OCC)OCC. The lowest BCUT2D eigenvalue weighted by Crippen LogP contribution is -2.17. The Morgan fingerprint density at radius 3 is 2.27 bits per heavy atom. The highest BCUT2D eigenvalue weighted by Gasteiger charge is 2.11. The molecule has 0 bridgehead atoms. The lowest BCUT2D eigenvalue weighted by molar-refractivity contribution is -0.134. The van der Waals surface area contributed by atoms with Gasteiger partial charge in [0.25, 0.3) is 5.70 Å². The van der Waals surface area contributed by atoms with Gasteiger partial charge in [-0.05, 0) is 13.8 Å². The topological polar surface area (TPSA) is 46.6 Å². The van der Waals surface area contributed by atoms with Crippen LogP contribution in [-0.2, 0) is 9.47 Å². The molecular formula is C11H16N2O2. The summed E-state index contributed by atoms with van der Waals surface area (Å²) in [4.78, 5) is 3.14. The molecule has 0 heterocycles. The van der Waals surface area contributed by atoms with E-state index in [0.29, 0.717) is 25.2 Å². The van der Waals surface area contributed by atoms with Crippen molar-refractivity contribution in [1.82, 2.24) is 0 Å². The molecule has 0 spiro atoms. The summed E-state index contributed by atoms with van der Waals surface area (Å²) in [6.45, 7) is 13.4. The number of nitriles is 1. The van der Waals surface area contributed by atoms with Crippen molar-refractivity contribution in [3.8, 4) is 6.07 Å². The average molecular weight is 208 g/mol. The van der Waals surface area contributed by atoms with Gasteiger partial charge in [0.1, 0.15) is 0 Å². The largest absolute Gasteiger partial charge is 0.353 e. The van der Waals surface area contributed by atoms with Crippen LogP contribution < -0.4 is 0 Å². The molecule has 82 valence electrons. The zero-order valence-electron chi connectivity index (χ0n) is 9.41. The van der Waals surface area contributed by atoms with E-state index in [4.69, 9.17) is 21.3 Å². The lowest BCUT2D eigenvalue weighted by Gasteiger charge is -2.17. The minimum Gasteiger partial charge on any atom is -0.353 e. The molecule has 0 aliphatic carbocycles. The van der Waals surface area contributed by atoms with Crippen LogP contribution in [0.15, 0.2) is 11.3 Å². The monoisotopic (exact) mass is 208 g/mol. The fourth-order valence-corrected chi connectivity index (χ4v) is 1.10. The first-order chi connectivity index (χ1) is 7.19. The second-order valence-electron chi connectivity index (χ2n) is 2.90. The summed E-state index contributed by atoms with van der Waals surface area (Å²) >= 11 is 0. The van der Waals surface area contributed by atoms with Crippen molar-refractivity contribution < 1.29 is 9.47 Å². The number of hydrogen-bond donors (Lipinski definition) is 0. The van der Waals surface area contributed by atoms with Crippen molar-refractivity contribution in [3.05, 3.63) is 22.7 Å². The maximum Gasteiger partial charge on any atom is 0.261 e. The fourth-order valence-electron chi connectivity index (χ4n) is 1.10. The number of nitrogens with zero attached hydrogens (tertiary/aromatic N) is 2. The van der Waals surface area contributed by atoms with Crippen LogP contribution in [0.4, 0.5) is 0 Å². The number of hydrogen-bond acceptors (Lipinski definition) is 3. The standard InChI is InChI=1S/C11H16N2O2/c1-5-14-11(15-6-2)7-9(3)10(8-12)13-4/h11H,5-7H2,1-3H3/b10-9+. The van der Waals surface area contributed by atoms with Gasteiger partial charge in [-0.15, -0.1) is 0 Å². The molecule has 0 aromatic carbocycles. The molecule has 4 heteroatoms. The van der Waals surface area contributed by atoms with Crippen LogP contribution in [0.5, 0.6) is 0 Å². The number of ether oxygens (including phenoxy) is 2. The summed E-state index contributed by atoms with van der Waals surface area (Å²) in [7, 11) is 0. The smallest absolute Gasteiger partial charge is 0.261 e. The van der Waals surface area contributed by atoms with Crippen molar-refractivity contribution in [2.24, 2.45) is 0 Å². The van der Waals surface area contributed by atoms with Crippen molar-refractivity contribution in [3.63, 3.8) is 0 Å². The molecule has 0 saturated carbocycles. The quantitative estimate of drug-likeness (QED) is 0.383. The Kier molecular flexibility index (Phi) is 7.27. The van der Waals surface area contributed by atoms with E-state index in [-0.39, 0.29) is 12.0 Å². The van der Waals surface area contributed by atoms with Crippen molar-refractivity contribution in [2.75, 3.05) is 13.2 Å². The molecule has 0 unspecified atom stereocenters. The summed E-state index contributed by atoms with van der Waals surface area (Å²) in [5.41, 5.74) is 0.832. The molecule has 0 amide bonds. The van der Waals surface area contributed by atoms with Crippen molar-refractivity contribution in [1.29, 1.82) is 5.26 Å². The maximum atomic E-state index is 8.67. The zero-order valence-corrected chi connectivity index (χ0v) is 9.41. The van der Waals surface area contributed by atoms with Gasteiger partial charge < -0.3 is 9.47 Å². The van der Waals surface area contributed by atoms with E-state index >= 15 is 0 Å². The molecule has 0 aliphatic heterocycles. The second-order valence-corrected chi connectivity index (χ2v) is 2.90. The Hall–Kier alpha value is -1.36. The summed E-state index contributed by atoms with van der Waals surface area (Å²) in [6.07, 6.45) is 0.109. The Morgan fingerprint density at radius 2 is 1.93 bits per heavy atom. The molecular weight excluding hydrogens is 192 g/mol. The van der Waals surface area contributed by atoms with E-state index in [9.17, 15) is 0 Å². The van der Waals surface area contributed by atoms with Crippen LogP contribution in [0.25, 0.3) is 4.85 Å². The zero-order chi connectivity index (χ0) is 11.7. The second kappa shape index (κ2) is 7.99. The predicted octanol–water partition coefficient (Wildman–Crippen LogP) is 2.49. The molecule has 0 saturated heterocycles. The van der Waals surface area contributed by atoms with Gasteiger partial charge in [-0.2, -0.15) is 0 Å². The van der Waals surface area contributed by atoms with Gasteiger partial charge in [-0.25, -0.2) is 10.1 Å². The molecule has 0 N–H and O–H groups in total. The van der Waals surface area contributed by atoms with Gasteiger partial charge in [-0.3, -0.25) is 0 Å². The van der Waals surface area contributed by atoms with E-state index in [1.54, 1.807) is 6.92 Å². The van der Waals surface area contributed by atoms with Gasteiger partial charge in [0.05, 0.1) is 12.6 Å². The molecule has 4 nitrogen and oxygen atoms in total. The third kappa shape index (κ3) is 5.17. The molecule has 15 heavy (non-hydrogen) atoms. The van der Waals surface area contributed by atoms with Gasteiger partial charge >= 0.3 is 0 Å². The highest BCUT2D eigenvalue weighted by molar-refractivity contribution is 5.32. The Labute approximate surface area is 90.9 Å². The summed E-state index contributed by atoms with van der Waals surface area (Å²) in [5, 5.41) is 8.67. The Morgan fingerprint density at radius 1 is 1.40 bits per heavy atom. The number of allylic oxidation sites excluding steroid dienone is 1. The molecule has 0 radical (unpaired) electrons. The molecule has 0 aromatic rings. The maximum absolute atomic E-state index is 8.67. The number of rotatable bonds is 6. The minimum atomic E-state index is -0.356. The lowest BCUT2D eigenvalue weighted by atomic mass is 10.1. The summed E-state index contributed by atoms with van der Waals surface area (Å²) in [6, 6.07) is 1.86. The first kappa shape index (κ1) is 13.6. The molecule has 0 aliphatic rings. The average Bonchev–Trinajstić information content (AvgIpc) is 2.20. The van der Waals surface area contributed by atoms with Gasteiger partial charge in [-0.1, -0.05) is 12.5 Å². The first-order valence-corrected chi connectivity index (χ1v) is 4.90. The third-order valence-electron chi connectivity index (χ3n) is 1.80. The van der Waals surface area contributed by atoms with E-state index in [1.165, 1.54) is 0 Å². The highest BCUT2D eigenvalue weighted by atomic mass is 16.7. The normalized spacial score (nSPS) is 11.9. The molecule has 0 aromatic heterocycles. The van der Waals surface area contributed by atoms with E-state index in [2.05, 4.69) is 4.85 Å². The van der Waals surface area contributed by atoms with Gasteiger partial charge in [0.15, 0.2) is 6.29 Å². The summed E-state index contributed by atoms with van der Waals surface area (Å²) < 4.78 is 10.6. The van der Waals surface area contributed by atoms with Crippen molar-refractivity contribution in [2.45, 2.75) is 33.5 Å². The Balaban J connectivity index is 4.47. The van der Waals surface area contributed by atoms with Crippen molar-refractivity contribution >= 4 is 0 Å². The van der Waals surface area contributed by atoms with Crippen LogP contribution in [-0.4, -0.2) is 19.5 Å². The fraction of sp³-hybridized carbons (Fsp3) is 0.636. The predicted molar refractivity (Wildman–Crippen MR) is 56.6 cm³/mol. The molecule has 0 rings (SSSR count). The van der Waals surface area contributed by atoms with Gasteiger partial charge in [0.2, 0.25) is 0 Å². The van der Waals surface area contributed by atoms with Crippen LogP contribution >= 0.6 is 0 Å². The molecule has 0 fully saturated rings. The van der Waals surface area contributed by atoms with Crippen LogP contribution in [0, 0.1) is 17.9 Å². The van der Waals surface area contributed by atoms with E-state index in [0.717, 1.165) is 0 Å². The minimum absolute atomic E-state index is 0.124. The highest BCUT2D eigenvalue weighted by Crippen LogP contribution is 2.14. The Bertz CT molecular complexity index is 275.